The van der Waals surface area contributed by atoms with Gasteiger partial charge in [0.05, 0.1) is 13.2 Å². The molecule has 8 nitrogen and oxygen atoms in total. The largest absolute Gasteiger partial charge is 0.448 e. The second-order valence-electron chi connectivity index (χ2n) is 8.09. The van der Waals surface area contributed by atoms with Crippen LogP contribution in [0.2, 0.25) is 0 Å². The van der Waals surface area contributed by atoms with Gasteiger partial charge in [0.25, 0.3) is 0 Å². The lowest BCUT2D eigenvalue weighted by atomic mass is 10.0. The number of carbonyl (C=O) groups is 2. The molecule has 1 N–H and O–H groups in total. The van der Waals surface area contributed by atoms with Crippen molar-refractivity contribution in [3.05, 3.63) is 83.1 Å². The fraction of sp³-hybridized carbons (Fsp3) is 0.360. The predicted octanol–water partition coefficient (Wildman–Crippen LogP) is 4.65. The van der Waals surface area contributed by atoms with E-state index in [0.717, 1.165) is 16.7 Å². The number of fused-ring (bicyclic) bond motifs is 1. The van der Waals surface area contributed by atoms with Crippen LogP contribution in [0, 0.1) is 0 Å². The van der Waals surface area contributed by atoms with Gasteiger partial charge in [-0.25, -0.2) is 14.4 Å². The summed E-state index contributed by atoms with van der Waals surface area (Å²) in [5.74, 6) is -0.411. The summed E-state index contributed by atoms with van der Waals surface area (Å²) >= 11 is 1.49. The molecule has 0 aliphatic carbocycles. The Morgan fingerprint density at radius 3 is 2.11 bits per heavy atom. The standard InChI is InChI=1S/C25H29N2O6PS/c1-4-31-34(30,32-5-2)26-20-23(28)27-21(17(3)16-35-24(20)27)25(29)33-22(18-12-8-6-9-13-18)19-14-10-7-11-15-19/h6-15,20,22,24H,4-5,16H2,1-3H3,(H,26,30). The first kappa shape index (κ1) is 25.7. The number of nitrogens with zero attached hydrogens (tertiary/aromatic N) is 1. The van der Waals surface area contributed by atoms with Crippen LogP contribution in [-0.4, -0.2) is 47.2 Å². The Hall–Kier alpha value is -2.42. The molecule has 2 heterocycles. The maximum Gasteiger partial charge on any atom is 0.406 e. The first-order valence-corrected chi connectivity index (χ1v) is 14.1. The van der Waals surface area contributed by atoms with Crippen molar-refractivity contribution in [3.63, 3.8) is 0 Å². The first-order valence-electron chi connectivity index (χ1n) is 11.5. The van der Waals surface area contributed by atoms with Gasteiger partial charge in [0, 0.05) is 5.75 Å². The Labute approximate surface area is 209 Å². The zero-order valence-electron chi connectivity index (χ0n) is 19.9. The summed E-state index contributed by atoms with van der Waals surface area (Å²) in [6.45, 7) is 5.56. The minimum absolute atomic E-state index is 0.170. The smallest absolute Gasteiger partial charge is 0.406 e. The summed E-state index contributed by atoms with van der Waals surface area (Å²) in [5.41, 5.74) is 2.64. The Morgan fingerprint density at radius 2 is 1.60 bits per heavy atom. The van der Waals surface area contributed by atoms with Crippen LogP contribution in [-0.2, 0) is 27.9 Å². The second kappa shape index (κ2) is 11.1. The van der Waals surface area contributed by atoms with Crippen molar-refractivity contribution in [3.8, 4) is 0 Å². The van der Waals surface area contributed by atoms with Crippen molar-refractivity contribution < 1.29 is 27.9 Å². The van der Waals surface area contributed by atoms with Crippen LogP contribution >= 0.6 is 19.5 Å². The molecule has 0 spiro atoms. The highest BCUT2D eigenvalue weighted by Gasteiger charge is 2.55. The minimum Gasteiger partial charge on any atom is -0.448 e. The molecule has 0 saturated carbocycles. The van der Waals surface area contributed by atoms with E-state index in [1.807, 2.05) is 67.6 Å². The molecule has 0 aromatic heterocycles. The predicted molar refractivity (Wildman–Crippen MR) is 134 cm³/mol. The Bertz CT molecular complexity index is 1090. The Morgan fingerprint density at radius 1 is 1.06 bits per heavy atom. The molecule has 1 saturated heterocycles. The summed E-state index contributed by atoms with van der Waals surface area (Å²) in [6.07, 6.45) is -0.625. The summed E-state index contributed by atoms with van der Waals surface area (Å²) in [4.78, 5) is 28.1. The van der Waals surface area contributed by atoms with Gasteiger partial charge < -0.3 is 4.74 Å². The normalized spacial score (nSPS) is 20.0. The number of benzene rings is 2. The van der Waals surface area contributed by atoms with Crippen molar-refractivity contribution in [2.75, 3.05) is 19.0 Å². The van der Waals surface area contributed by atoms with E-state index in [1.54, 1.807) is 13.8 Å². The van der Waals surface area contributed by atoms with Crippen LogP contribution < -0.4 is 5.09 Å². The van der Waals surface area contributed by atoms with Gasteiger partial charge in [-0.3, -0.25) is 18.7 Å². The molecule has 1 amide bonds. The van der Waals surface area contributed by atoms with Crippen molar-refractivity contribution >= 4 is 31.4 Å². The molecule has 2 atom stereocenters. The number of rotatable bonds is 10. The number of hydrogen-bond acceptors (Lipinski definition) is 7. The molecule has 0 bridgehead atoms. The fourth-order valence-electron chi connectivity index (χ4n) is 4.12. The average molecular weight is 517 g/mol. The number of thioether (sulfide) groups is 1. The molecule has 2 aromatic rings. The van der Waals surface area contributed by atoms with Gasteiger partial charge >= 0.3 is 13.7 Å². The van der Waals surface area contributed by atoms with Crippen LogP contribution in [0.1, 0.15) is 38.0 Å². The lowest BCUT2D eigenvalue weighted by Crippen LogP contribution is -2.69. The fourth-order valence-corrected chi connectivity index (χ4v) is 7.01. The summed E-state index contributed by atoms with van der Waals surface area (Å²) < 4.78 is 29.5. The van der Waals surface area contributed by atoms with Crippen LogP contribution in [0.5, 0.6) is 0 Å². The molecule has 2 unspecified atom stereocenters. The highest BCUT2D eigenvalue weighted by molar-refractivity contribution is 8.00. The topological polar surface area (TPSA) is 94.2 Å². The molecule has 4 rings (SSSR count). The summed E-state index contributed by atoms with van der Waals surface area (Å²) in [6, 6.07) is 18.2. The van der Waals surface area contributed by atoms with E-state index in [9.17, 15) is 14.2 Å². The lowest BCUT2D eigenvalue weighted by molar-refractivity contribution is -0.153. The van der Waals surface area contributed by atoms with E-state index < -0.39 is 31.2 Å². The number of β-lactam (4-membered cyclic amide) rings is 1. The number of nitrogens with one attached hydrogen (secondary N) is 1. The summed E-state index contributed by atoms with van der Waals surface area (Å²) in [7, 11) is -3.65. The maximum absolute atomic E-state index is 13.5. The van der Waals surface area contributed by atoms with E-state index >= 15 is 0 Å². The van der Waals surface area contributed by atoms with E-state index in [2.05, 4.69) is 5.09 Å². The van der Waals surface area contributed by atoms with Gasteiger partial charge in [0.15, 0.2) is 6.10 Å². The number of amides is 1. The zero-order chi connectivity index (χ0) is 25.0. The maximum atomic E-state index is 13.5. The molecule has 2 aliphatic rings. The van der Waals surface area contributed by atoms with E-state index in [-0.39, 0.29) is 24.8 Å². The third-order valence-electron chi connectivity index (χ3n) is 5.68. The van der Waals surface area contributed by atoms with Gasteiger partial charge in [-0.05, 0) is 37.5 Å². The van der Waals surface area contributed by atoms with Gasteiger partial charge in [-0.2, -0.15) is 0 Å². The van der Waals surface area contributed by atoms with E-state index in [1.165, 1.54) is 16.7 Å². The van der Waals surface area contributed by atoms with E-state index in [0.29, 0.717) is 5.75 Å². The van der Waals surface area contributed by atoms with Crippen LogP contribution in [0.15, 0.2) is 71.9 Å². The van der Waals surface area contributed by atoms with E-state index in [4.69, 9.17) is 13.8 Å². The molecule has 186 valence electrons. The quantitative estimate of drug-likeness (QED) is 0.277. The molecular formula is C25H29N2O6PS. The van der Waals surface area contributed by atoms with Crippen molar-refractivity contribution in [2.24, 2.45) is 0 Å². The molecule has 2 aromatic carbocycles. The van der Waals surface area contributed by atoms with Crippen molar-refractivity contribution in [2.45, 2.75) is 38.3 Å². The molecule has 1 fully saturated rings. The van der Waals surface area contributed by atoms with Crippen LogP contribution in [0.25, 0.3) is 0 Å². The lowest BCUT2D eigenvalue weighted by Gasteiger charge is -2.50. The van der Waals surface area contributed by atoms with Crippen LogP contribution in [0.4, 0.5) is 0 Å². The molecule has 2 aliphatic heterocycles. The SMILES string of the molecule is CCOP(=O)(NC1C(=O)N2C(C(=O)OC(c3ccccc3)c3ccccc3)=C(C)CSC12)OCC. The van der Waals surface area contributed by atoms with Gasteiger partial charge in [-0.1, -0.05) is 60.7 Å². The highest BCUT2D eigenvalue weighted by Crippen LogP contribution is 2.49. The summed E-state index contributed by atoms with van der Waals surface area (Å²) in [5, 5.41) is 2.35. The number of esters is 1. The van der Waals surface area contributed by atoms with Crippen molar-refractivity contribution in [1.82, 2.24) is 9.99 Å². The third kappa shape index (κ3) is 5.39. The van der Waals surface area contributed by atoms with Gasteiger partial charge in [0.1, 0.15) is 17.1 Å². The molecule has 35 heavy (non-hydrogen) atoms. The first-order chi connectivity index (χ1) is 16.9. The van der Waals surface area contributed by atoms with Gasteiger partial charge in [0.2, 0.25) is 5.91 Å². The second-order valence-corrected chi connectivity index (χ2v) is 11.0. The molecular weight excluding hydrogens is 487 g/mol. The third-order valence-corrected chi connectivity index (χ3v) is 8.89. The molecule has 0 radical (unpaired) electrons. The monoisotopic (exact) mass is 516 g/mol. The Balaban J connectivity index is 1.56. The number of carbonyl (C=O) groups excluding carboxylic acids is 2. The Kier molecular flexibility index (Phi) is 8.14. The highest BCUT2D eigenvalue weighted by atomic mass is 32.2. The zero-order valence-corrected chi connectivity index (χ0v) is 21.6. The van der Waals surface area contributed by atoms with Crippen molar-refractivity contribution in [1.29, 1.82) is 0 Å². The van der Waals surface area contributed by atoms with Crippen LogP contribution in [0.3, 0.4) is 0 Å². The number of hydrogen-bond donors (Lipinski definition) is 1. The van der Waals surface area contributed by atoms with Gasteiger partial charge in [-0.15, -0.1) is 11.8 Å². The molecule has 10 heteroatoms. The minimum atomic E-state index is -3.65. The average Bonchev–Trinajstić information content (AvgIpc) is 2.87. The number of ether oxygens (including phenoxy) is 1.